The van der Waals surface area contributed by atoms with E-state index in [0.29, 0.717) is 12.0 Å². The van der Waals surface area contributed by atoms with E-state index in [9.17, 15) is 4.79 Å². The molecule has 178 valence electrons. The van der Waals surface area contributed by atoms with Gasteiger partial charge < -0.3 is 9.64 Å². The Morgan fingerprint density at radius 2 is 1.65 bits per heavy atom. The molecule has 0 aliphatic carbocycles. The van der Waals surface area contributed by atoms with Gasteiger partial charge in [0.05, 0.1) is 7.11 Å². The van der Waals surface area contributed by atoms with Gasteiger partial charge in [-0.1, -0.05) is 71.7 Å². The van der Waals surface area contributed by atoms with E-state index in [1.165, 1.54) is 11.1 Å². The number of nitrogens with zero attached hydrogens (tertiary/aromatic N) is 2. The van der Waals surface area contributed by atoms with Crippen molar-refractivity contribution in [3.63, 3.8) is 0 Å². The van der Waals surface area contributed by atoms with Crippen LogP contribution in [0.4, 0.5) is 0 Å². The third-order valence-corrected chi connectivity index (χ3v) is 7.39. The van der Waals surface area contributed by atoms with Gasteiger partial charge >= 0.3 is 0 Å². The number of pyridine rings is 1. The third kappa shape index (κ3) is 5.99. The van der Waals surface area contributed by atoms with Crippen LogP contribution in [-0.2, 0) is 11.8 Å². The second kappa shape index (κ2) is 11.4. The lowest BCUT2D eigenvalue weighted by Crippen LogP contribution is -2.43. The van der Waals surface area contributed by atoms with Gasteiger partial charge in [0, 0.05) is 18.5 Å². The molecule has 0 saturated carbocycles. The fourth-order valence-corrected chi connectivity index (χ4v) is 5.45. The Morgan fingerprint density at radius 1 is 1.00 bits per heavy atom. The molecular formula is C28H30Cl2N2O2. The average molecular weight is 497 g/mol. The van der Waals surface area contributed by atoms with Crippen molar-refractivity contribution in [1.29, 1.82) is 0 Å². The van der Waals surface area contributed by atoms with Crippen LogP contribution >= 0.6 is 23.2 Å². The van der Waals surface area contributed by atoms with Gasteiger partial charge in [0.2, 0.25) is 0 Å². The third-order valence-electron chi connectivity index (χ3n) is 7.00. The summed E-state index contributed by atoms with van der Waals surface area (Å²) >= 11 is 12.0. The molecule has 1 aliphatic rings. The van der Waals surface area contributed by atoms with Crippen molar-refractivity contribution >= 4 is 29.0 Å². The fraction of sp³-hybridized carbons (Fsp3) is 0.357. The van der Waals surface area contributed by atoms with Crippen LogP contribution in [0.2, 0.25) is 10.3 Å². The Morgan fingerprint density at radius 3 is 2.32 bits per heavy atom. The van der Waals surface area contributed by atoms with Crippen molar-refractivity contribution in [2.45, 2.75) is 37.5 Å². The monoisotopic (exact) mass is 496 g/mol. The summed E-state index contributed by atoms with van der Waals surface area (Å²) in [6.45, 7) is 3.01. The first-order valence-electron chi connectivity index (χ1n) is 11.8. The van der Waals surface area contributed by atoms with Crippen LogP contribution in [0.5, 0.6) is 5.75 Å². The Balaban J connectivity index is 1.42. The van der Waals surface area contributed by atoms with E-state index in [2.05, 4.69) is 46.3 Å². The Labute approximate surface area is 211 Å². The largest absolute Gasteiger partial charge is 0.496 e. The Hall–Kier alpha value is -2.40. The average Bonchev–Trinajstić information content (AvgIpc) is 2.87. The van der Waals surface area contributed by atoms with E-state index in [1.807, 2.05) is 18.2 Å². The molecule has 1 aliphatic heterocycles. The normalized spacial score (nSPS) is 15.7. The molecule has 2 heterocycles. The zero-order valence-corrected chi connectivity index (χ0v) is 21.0. The number of benzene rings is 2. The van der Waals surface area contributed by atoms with Gasteiger partial charge in [-0.15, -0.1) is 0 Å². The number of likely N-dealkylation sites (tertiary alicyclic amines) is 1. The van der Waals surface area contributed by atoms with Crippen LogP contribution in [0.15, 0.2) is 66.7 Å². The van der Waals surface area contributed by atoms with Gasteiger partial charge in [0.15, 0.2) is 5.78 Å². The van der Waals surface area contributed by atoms with E-state index < -0.39 is 0 Å². The second-order valence-corrected chi connectivity index (χ2v) is 9.75. The summed E-state index contributed by atoms with van der Waals surface area (Å²) in [6, 6.07) is 22.1. The van der Waals surface area contributed by atoms with Crippen LogP contribution in [0.25, 0.3) is 0 Å². The molecule has 0 spiro atoms. The first-order chi connectivity index (χ1) is 16.5. The summed E-state index contributed by atoms with van der Waals surface area (Å²) < 4.78 is 5.51. The van der Waals surface area contributed by atoms with Gasteiger partial charge in [-0.2, -0.15) is 0 Å². The highest BCUT2D eigenvalue weighted by Crippen LogP contribution is 2.40. The number of methoxy groups -OCH3 is 1. The summed E-state index contributed by atoms with van der Waals surface area (Å²) in [7, 11) is 1.73. The van der Waals surface area contributed by atoms with Crippen molar-refractivity contribution in [3.8, 4) is 5.75 Å². The lowest BCUT2D eigenvalue weighted by Gasteiger charge is -2.42. The fourth-order valence-electron chi connectivity index (χ4n) is 4.99. The van der Waals surface area contributed by atoms with Crippen molar-refractivity contribution < 1.29 is 9.53 Å². The Kier molecular flexibility index (Phi) is 8.25. The van der Waals surface area contributed by atoms with Crippen LogP contribution < -0.4 is 4.74 Å². The summed E-state index contributed by atoms with van der Waals surface area (Å²) in [4.78, 5) is 19.5. The first kappa shape index (κ1) is 24.7. The standard InChI is InChI=1S/C28H30Cl2N2O2/c1-34-25-10-6-5-7-21(25)12-16-32-17-14-28(15-18-32,23-8-3-2-4-9-23)13-11-24(33)22-19-26(29)31-27(30)20-22/h2-10,19-20H,11-18H2,1H3. The van der Waals surface area contributed by atoms with E-state index in [1.54, 1.807) is 19.2 Å². The van der Waals surface area contributed by atoms with Crippen LogP contribution in [-0.4, -0.2) is 42.4 Å². The molecule has 0 amide bonds. The van der Waals surface area contributed by atoms with E-state index in [4.69, 9.17) is 27.9 Å². The topological polar surface area (TPSA) is 42.4 Å². The number of para-hydroxylation sites is 1. The lowest BCUT2D eigenvalue weighted by molar-refractivity contribution is 0.0946. The summed E-state index contributed by atoms with van der Waals surface area (Å²) in [5.74, 6) is 1.01. The maximum atomic E-state index is 13.0. The SMILES string of the molecule is COc1ccccc1CCN1CCC(CCC(=O)c2cc(Cl)nc(Cl)c2)(c2ccccc2)CC1. The highest BCUT2D eigenvalue weighted by Gasteiger charge is 2.36. The molecular weight excluding hydrogens is 467 g/mol. The van der Waals surface area contributed by atoms with Gasteiger partial charge in [0.1, 0.15) is 16.1 Å². The smallest absolute Gasteiger partial charge is 0.163 e. The van der Waals surface area contributed by atoms with Gasteiger partial charge in [-0.25, -0.2) is 4.98 Å². The predicted molar refractivity (Wildman–Crippen MR) is 138 cm³/mol. The van der Waals surface area contributed by atoms with Crippen LogP contribution in [0.3, 0.4) is 0 Å². The molecule has 2 aromatic carbocycles. The molecule has 3 aromatic rings. The number of rotatable bonds is 9. The lowest BCUT2D eigenvalue weighted by atomic mass is 9.69. The van der Waals surface area contributed by atoms with E-state index in [-0.39, 0.29) is 21.5 Å². The molecule has 4 rings (SSSR count). The summed E-state index contributed by atoms with van der Waals surface area (Å²) in [5, 5.41) is 0.494. The van der Waals surface area contributed by atoms with Crippen molar-refractivity contribution in [3.05, 3.63) is 93.7 Å². The number of Topliss-reactive ketones (excluding diaryl/α,β-unsaturated/α-hetero) is 1. The number of halogens is 2. The molecule has 0 radical (unpaired) electrons. The van der Waals surface area contributed by atoms with E-state index >= 15 is 0 Å². The number of piperidine rings is 1. The molecule has 0 unspecified atom stereocenters. The number of hydrogen-bond donors (Lipinski definition) is 0. The highest BCUT2D eigenvalue weighted by molar-refractivity contribution is 6.33. The van der Waals surface area contributed by atoms with Crippen LogP contribution in [0, 0.1) is 0 Å². The Bertz CT molecular complexity index is 1090. The van der Waals surface area contributed by atoms with Crippen molar-refractivity contribution in [2.24, 2.45) is 0 Å². The summed E-state index contributed by atoms with van der Waals surface area (Å²) in [6.07, 6.45) is 4.26. The number of hydrogen-bond acceptors (Lipinski definition) is 4. The van der Waals surface area contributed by atoms with Gasteiger partial charge in [-0.05, 0) is 73.5 Å². The molecule has 1 fully saturated rings. The molecule has 0 bridgehead atoms. The number of aromatic nitrogens is 1. The second-order valence-electron chi connectivity index (χ2n) is 8.97. The zero-order valence-electron chi connectivity index (χ0n) is 19.5. The first-order valence-corrected chi connectivity index (χ1v) is 12.5. The van der Waals surface area contributed by atoms with Gasteiger partial charge in [0.25, 0.3) is 0 Å². The molecule has 6 heteroatoms. The number of ether oxygens (including phenoxy) is 1. The quantitative estimate of drug-likeness (QED) is 0.246. The maximum absolute atomic E-state index is 13.0. The molecule has 0 N–H and O–H groups in total. The maximum Gasteiger partial charge on any atom is 0.163 e. The molecule has 34 heavy (non-hydrogen) atoms. The van der Waals surface area contributed by atoms with Crippen molar-refractivity contribution in [1.82, 2.24) is 9.88 Å². The van der Waals surface area contributed by atoms with Crippen molar-refractivity contribution in [2.75, 3.05) is 26.7 Å². The molecule has 4 nitrogen and oxygen atoms in total. The van der Waals surface area contributed by atoms with E-state index in [0.717, 1.165) is 51.1 Å². The predicted octanol–water partition coefficient (Wildman–Crippen LogP) is 6.64. The molecule has 1 saturated heterocycles. The summed E-state index contributed by atoms with van der Waals surface area (Å²) in [5.41, 5.74) is 3.07. The minimum absolute atomic E-state index is 0.0154. The number of ketones is 1. The minimum atomic E-state index is -0.0154. The number of carbonyl (C=O) groups is 1. The molecule has 0 atom stereocenters. The minimum Gasteiger partial charge on any atom is -0.496 e. The molecule has 1 aromatic heterocycles. The zero-order chi connectivity index (χ0) is 24.0. The van der Waals surface area contributed by atoms with Gasteiger partial charge in [-0.3, -0.25) is 4.79 Å². The number of carbonyl (C=O) groups excluding carboxylic acids is 1. The van der Waals surface area contributed by atoms with Crippen LogP contribution in [0.1, 0.15) is 47.2 Å². The highest BCUT2D eigenvalue weighted by atomic mass is 35.5.